The highest BCUT2D eigenvalue weighted by molar-refractivity contribution is 5.48. The molecule has 0 bridgehead atoms. The molecule has 1 aromatic carbocycles. The van der Waals surface area contributed by atoms with Gasteiger partial charge in [-0.15, -0.1) is 13.2 Å². The quantitative estimate of drug-likeness (QED) is 0.845. The van der Waals surface area contributed by atoms with Crippen LogP contribution in [0.5, 0.6) is 5.75 Å². The van der Waals surface area contributed by atoms with E-state index in [9.17, 15) is 13.2 Å². The van der Waals surface area contributed by atoms with E-state index in [0.717, 1.165) is 18.6 Å². The summed E-state index contributed by atoms with van der Waals surface area (Å²) in [5.41, 5.74) is 0.587. The zero-order chi connectivity index (χ0) is 15.3. The molecule has 3 nitrogen and oxygen atoms in total. The Balaban J connectivity index is 1.88. The van der Waals surface area contributed by atoms with Crippen molar-refractivity contribution in [3.05, 3.63) is 48.4 Å². The third-order valence-electron chi connectivity index (χ3n) is 2.88. The topological polar surface area (TPSA) is 34.4 Å². The second kappa shape index (κ2) is 6.56. The first-order valence-electron chi connectivity index (χ1n) is 6.57. The fourth-order valence-corrected chi connectivity index (χ4v) is 1.95. The summed E-state index contributed by atoms with van der Waals surface area (Å²) in [6.45, 7) is 1.96. The van der Waals surface area contributed by atoms with Crippen molar-refractivity contribution in [3.8, 4) is 5.75 Å². The van der Waals surface area contributed by atoms with Gasteiger partial charge in [0.1, 0.15) is 11.5 Å². The second-order valence-corrected chi connectivity index (χ2v) is 4.74. The zero-order valence-corrected chi connectivity index (χ0v) is 11.5. The number of hydrogen-bond acceptors (Lipinski definition) is 3. The molecule has 0 saturated heterocycles. The molecule has 2 aromatic rings. The third kappa shape index (κ3) is 5.41. The van der Waals surface area contributed by atoms with E-state index in [2.05, 4.69) is 10.1 Å². The molecule has 2 rings (SSSR count). The van der Waals surface area contributed by atoms with Crippen molar-refractivity contribution < 1.29 is 22.3 Å². The normalized spacial score (nSPS) is 13.0. The van der Waals surface area contributed by atoms with Gasteiger partial charge in [0.05, 0.1) is 6.26 Å². The summed E-state index contributed by atoms with van der Waals surface area (Å²) in [5, 5.41) is 3.14. The standard InChI is InChI=1S/C15H16F3NO2/c1-11(7-8-13-6-3-9-20-13)19-12-4-2-5-14(10-12)21-15(16,17)18/h2-6,9-11,19H,7-8H2,1H3. The van der Waals surface area contributed by atoms with Gasteiger partial charge in [-0.3, -0.25) is 0 Å². The highest BCUT2D eigenvalue weighted by Gasteiger charge is 2.31. The monoisotopic (exact) mass is 299 g/mol. The number of aryl methyl sites for hydroxylation is 1. The molecule has 0 spiro atoms. The minimum Gasteiger partial charge on any atom is -0.469 e. The Kier molecular flexibility index (Phi) is 4.77. The van der Waals surface area contributed by atoms with E-state index in [1.54, 1.807) is 12.3 Å². The van der Waals surface area contributed by atoms with E-state index in [0.29, 0.717) is 5.69 Å². The fourth-order valence-electron chi connectivity index (χ4n) is 1.95. The number of hydrogen-bond donors (Lipinski definition) is 1. The molecular formula is C15H16F3NO2. The molecule has 0 fully saturated rings. The van der Waals surface area contributed by atoms with E-state index >= 15 is 0 Å². The van der Waals surface area contributed by atoms with Gasteiger partial charge >= 0.3 is 6.36 Å². The number of ether oxygens (including phenoxy) is 1. The summed E-state index contributed by atoms with van der Waals surface area (Å²) in [7, 11) is 0. The van der Waals surface area contributed by atoms with Gasteiger partial charge in [-0.1, -0.05) is 6.07 Å². The second-order valence-electron chi connectivity index (χ2n) is 4.74. The molecule has 1 heterocycles. The number of alkyl halides is 3. The Labute approximate surface area is 120 Å². The predicted molar refractivity (Wildman–Crippen MR) is 73.2 cm³/mol. The molecule has 0 amide bonds. The smallest absolute Gasteiger partial charge is 0.469 e. The largest absolute Gasteiger partial charge is 0.573 e. The third-order valence-corrected chi connectivity index (χ3v) is 2.88. The van der Waals surface area contributed by atoms with Crippen LogP contribution in [-0.2, 0) is 6.42 Å². The van der Waals surface area contributed by atoms with Crippen molar-refractivity contribution in [1.29, 1.82) is 0 Å². The van der Waals surface area contributed by atoms with Crippen LogP contribution in [0, 0.1) is 0 Å². The molecule has 0 aliphatic carbocycles. The molecular weight excluding hydrogens is 283 g/mol. The summed E-state index contributed by atoms with van der Waals surface area (Å²) >= 11 is 0. The fraction of sp³-hybridized carbons (Fsp3) is 0.333. The van der Waals surface area contributed by atoms with E-state index in [1.165, 1.54) is 18.2 Å². The van der Waals surface area contributed by atoms with E-state index in [-0.39, 0.29) is 11.8 Å². The summed E-state index contributed by atoms with van der Waals surface area (Å²) in [6.07, 6.45) is -1.49. The lowest BCUT2D eigenvalue weighted by Crippen LogP contribution is -2.18. The first kappa shape index (κ1) is 15.3. The van der Waals surface area contributed by atoms with Crippen molar-refractivity contribution in [3.63, 3.8) is 0 Å². The van der Waals surface area contributed by atoms with Crippen molar-refractivity contribution in [2.45, 2.75) is 32.2 Å². The average Bonchev–Trinajstić information content (AvgIpc) is 2.87. The number of rotatable bonds is 6. The zero-order valence-electron chi connectivity index (χ0n) is 11.5. The van der Waals surface area contributed by atoms with Crippen LogP contribution in [0.25, 0.3) is 0 Å². The van der Waals surface area contributed by atoms with Crippen molar-refractivity contribution >= 4 is 5.69 Å². The number of nitrogens with one attached hydrogen (secondary N) is 1. The van der Waals surface area contributed by atoms with Crippen molar-refractivity contribution in [2.24, 2.45) is 0 Å². The number of furan rings is 1. The summed E-state index contributed by atoms with van der Waals surface area (Å²) in [6, 6.07) is 9.63. The molecule has 6 heteroatoms. The lowest BCUT2D eigenvalue weighted by Gasteiger charge is -2.16. The minimum absolute atomic E-state index is 0.0937. The first-order valence-corrected chi connectivity index (χ1v) is 6.57. The van der Waals surface area contributed by atoms with Crippen LogP contribution >= 0.6 is 0 Å². The predicted octanol–water partition coefficient (Wildman–Crippen LogP) is 4.61. The van der Waals surface area contributed by atoms with Crippen LogP contribution in [0.4, 0.5) is 18.9 Å². The molecule has 0 aliphatic heterocycles. The van der Waals surface area contributed by atoms with Gasteiger partial charge in [0.25, 0.3) is 0 Å². The summed E-state index contributed by atoms with van der Waals surface area (Å²) in [4.78, 5) is 0. The van der Waals surface area contributed by atoms with Crippen LogP contribution in [0.15, 0.2) is 47.1 Å². The van der Waals surface area contributed by atoms with Gasteiger partial charge in [-0.05, 0) is 37.6 Å². The van der Waals surface area contributed by atoms with Gasteiger partial charge in [-0.25, -0.2) is 0 Å². The maximum absolute atomic E-state index is 12.2. The van der Waals surface area contributed by atoms with Gasteiger partial charge in [0.15, 0.2) is 0 Å². The Morgan fingerprint density at radius 3 is 2.71 bits per heavy atom. The minimum atomic E-state index is -4.68. The Hall–Kier alpha value is -2.11. The molecule has 1 atom stereocenters. The number of anilines is 1. The highest BCUT2D eigenvalue weighted by Crippen LogP contribution is 2.25. The molecule has 1 N–H and O–H groups in total. The highest BCUT2D eigenvalue weighted by atomic mass is 19.4. The van der Waals surface area contributed by atoms with Gasteiger partial charge in [0, 0.05) is 24.2 Å². The number of halogens is 3. The Morgan fingerprint density at radius 1 is 1.24 bits per heavy atom. The number of benzene rings is 1. The average molecular weight is 299 g/mol. The first-order chi connectivity index (χ1) is 9.92. The van der Waals surface area contributed by atoms with Crippen molar-refractivity contribution in [2.75, 3.05) is 5.32 Å². The molecule has 1 aromatic heterocycles. The van der Waals surface area contributed by atoms with Crippen LogP contribution < -0.4 is 10.1 Å². The van der Waals surface area contributed by atoms with Gasteiger partial charge in [-0.2, -0.15) is 0 Å². The lowest BCUT2D eigenvalue weighted by atomic mass is 10.1. The van der Waals surface area contributed by atoms with Crippen LogP contribution in [0.2, 0.25) is 0 Å². The molecule has 114 valence electrons. The maximum atomic E-state index is 12.2. The summed E-state index contributed by atoms with van der Waals surface area (Å²) < 4.78 is 45.6. The Morgan fingerprint density at radius 2 is 2.05 bits per heavy atom. The summed E-state index contributed by atoms with van der Waals surface area (Å²) in [5.74, 6) is 0.656. The molecule has 1 unspecified atom stereocenters. The molecule has 0 radical (unpaired) electrons. The van der Waals surface area contributed by atoms with Crippen molar-refractivity contribution in [1.82, 2.24) is 0 Å². The Bertz CT molecular complexity index is 552. The van der Waals surface area contributed by atoms with Crippen LogP contribution in [0.3, 0.4) is 0 Å². The van der Waals surface area contributed by atoms with E-state index in [1.807, 2.05) is 19.1 Å². The van der Waals surface area contributed by atoms with Gasteiger partial charge < -0.3 is 14.5 Å². The van der Waals surface area contributed by atoms with Gasteiger partial charge in [0.2, 0.25) is 0 Å². The molecule has 0 saturated carbocycles. The molecule has 21 heavy (non-hydrogen) atoms. The SMILES string of the molecule is CC(CCc1ccco1)Nc1cccc(OC(F)(F)F)c1. The molecule has 0 aliphatic rings. The van der Waals surface area contributed by atoms with Crippen LogP contribution in [0.1, 0.15) is 19.1 Å². The van der Waals surface area contributed by atoms with E-state index < -0.39 is 6.36 Å². The maximum Gasteiger partial charge on any atom is 0.573 e. The van der Waals surface area contributed by atoms with E-state index in [4.69, 9.17) is 4.42 Å². The van der Waals surface area contributed by atoms with Crippen LogP contribution in [-0.4, -0.2) is 12.4 Å². The lowest BCUT2D eigenvalue weighted by molar-refractivity contribution is -0.274.